The highest BCUT2D eigenvalue weighted by molar-refractivity contribution is 5.90. The van der Waals surface area contributed by atoms with Gasteiger partial charge < -0.3 is 15.1 Å². The van der Waals surface area contributed by atoms with E-state index in [-0.39, 0.29) is 6.03 Å². The van der Waals surface area contributed by atoms with E-state index in [1.165, 1.54) is 13.0 Å². The SMILES string of the molecule is CCC[NH+]1CCN(C(=O)Nc2ccccc2C)CC1. The van der Waals surface area contributed by atoms with Crippen molar-refractivity contribution in [3.05, 3.63) is 29.8 Å². The Morgan fingerprint density at radius 2 is 2.00 bits per heavy atom. The Morgan fingerprint density at radius 3 is 2.63 bits per heavy atom. The third kappa shape index (κ3) is 3.70. The number of anilines is 1. The number of rotatable bonds is 3. The molecule has 0 atom stereocenters. The fourth-order valence-corrected chi connectivity index (χ4v) is 2.54. The lowest BCUT2D eigenvalue weighted by molar-refractivity contribution is -0.904. The number of hydrogen-bond donors (Lipinski definition) is 2. The molecule has 1 saturated heterocycles. The van der Waals surface area contributed by atoms with Crippen molar-refractivity contribution in [2.45, 2.75) is 20.3 Å². The fourth-order valence-electron chi connectivity index (χ4n) is 2.54. The van der Waals surface area contributed by atoms with Crippen molar-refractivity contribution in [3.8, 4) is 0 Å². The summed E-state index contributed by atoms with van der Waals surface area (Å²) in [7, 11) is 0. The maximum Gasteiger partial charge on any atom is 0.322 e. The van der Waals surface area contributed by atoms with Gasteiger partial charge >= 0.3 is 6.03 Å². The minimum atomic E-state index is 0.0323. The standard InChI is InChI=1S/C15H23N3O/c1-3-8-17-9-11-18(12-10-17)15(19)16-14-7-5-4-6-13(14)2/h4-7H,3,8-12H2,1-2H3,(H,16,19)/p+1. The third-order valence-corrected chi connectivity index (χ3v) is 3.75. The second kappa shape index (κ2) is 6.57. The van der Waals surface area contributed by atoms with Crippen LogP contribution in [-0.4, -0.2) is 43.7 Å². The Kier molecular flexibility index (Phi) is 4.80. The van der Waals surface area contributed by atoms with Gasteiger partial charge in [-0.05, 0) is 25.0 Å². The van der Waals surface area contributed by atoms with E-state index >= 15 is 0 Å². The van der Waals surface area contributed by atoms with Crippen LogP contribution < -0.4 is 10.2 Å². The van der Waals surface area contributed by atoms with Gasteiger partial charge in [-0.15, -0.1) is 0 Å². The minimum Gasteiger partial charge on any atom is -0.332 e. The van der Waals surface area contributed by atoms with Crippen LogP contribution in [0.3, 0.4) is 0 Å². The zero-order chi connectivity index (χ0) is 13.7. The minimum absolute atomic E-state index is 0.0323. The molecule has 0 bridgehead atoms. The Hall–Kier alpha value is -1.55. The normalized spacial score (nSPS) is 16.4. The maximum absolute atomic E-state index is 12.2. The number of nitrogens with one attached hydrogen (secondary N) is 2. The van der Waals surface area contributed by atoms with Crippen LogP contribution in [-0.2, 0) is 0 Å². The number of carbonyl (C=O) groups excluding carboxylic acids is 1. The predicted octanol–water partition coefficient (Wildman–Crippen LogP) is 1.14. The zero-order valence-electron chi connectivity index (χ0n) is 11.9. The average Bonchev–Trinajstić information content (AvgIpc) is 2.42. The number of urea groups is 1. The summed E-state index contributed by atoms with van der Waals surface area (Å²) in [6.07, 6.45) is 1.21. The molecule has 1 aliphatic heterocycles. The van der Waals surface area contributed by atoms with E-state index in [0.29, 0.717) is 0 Å². The molecule has 2 rings (SSSR count). The highest BCUT2D eigenvalue weighted by atomic mass is 16.2. The topological polar surface area (TPSA) is 36.8 Å². The zero-order valence-corrected chi connectivity index (χ0v) is 11.9. The van der Waals surface area contributed by atoms with Gasteiger partial charge in [0.05, 0.1) is 32.7 Å². The van der Waals surface area contributed by atoms with Gasteiger partial charge in [0.25, 0.3) is 0 Å². The lowest BCUT2D eigenvalue weighted by Gasteiger charge is -2.32. The quantitative estimate of drug-likeness (QED) is 0.842. The number of carbonyl (C=O) groups is 1. The molecule has 104 valence electrons. The van der Waals surface area contributed by atoms with Gasteiger partial charge in [0, 0.05) is 5.69 Å². The van der Waals surface area contributed by atoms with E-state index in [1.54, 1.807) is 4.90 Å². The van der Waals surface area contributed by atoms with Crippen LogP contribution in [0.5, 0.6) is 0 Å². The van der Waals surface area contributed by atoms with Crippen molar-refractivity contribution in [1.29, 1.82) is 0 Å². The molecule has 0 aromatic heterocycles. The predicted molar refractivity (Wildman–Crippen MR) is 77.6 cm³/mol. The number of hydrogen-bond acceptors (Lipinski definition) is 1. The van der Waals surface area contributed by atoms with Crippen molar-refractivity contribution in [1.82, 2.24) is 4.90 Å². The second-order valence-electron chi connectivity index (χ2n) is 5.23. The lowest BCUT2D eigenvalue weighted by Crippen LogP contribution is -3.14. The van der Waals surface area contributed by atoms with Crippen LogP contribution >= 0.6 is 0 Å². The van der Waals surface area contributed by atoms with Crippen LogP contribution in [0.15, 0.2) is 24.3 Å². The van der Waals surface area contributed by atoms with E-state index < -0.39 is 0 Å². The molecule has 0 radical (unpaired) electrons. The summed E-state index contributed by atoms with van der Waals surface area (Å²) >= 11 is 0. The third-order valence-electron chi connectivity index (χ3n) is 3.75. The van der Waals surface area contributed by atoms with Gasteiger partial charge in [-0.2, -0.15) is 0 Å². The number of amides is 2. The number of piperazine rings is 1. The summed E-state index contributed by atoms with van der Waals surface area (Å²) in [6, 6.07) is 7.93. The highest BCUT2D eigenvalue weighted by Crippen LogP contribution is 2.13. The molecule has 0 unspecified atom stereocenters. The van der Waals surface area contributed by atoms with E-state index in [2.05, 4.69) is 12.2 Å². The van der Waals surface area contributed by atoms with Gasteiger partial charge in [0.1, 0.15) is 0 Å². The molecular weight excluding hydrogens is 238 g/mol. The molecule has 1 heterocycles. The maximum atomic E-state index is 12.2. The summed E-state index contributed by atoms with van der Waals surface area (Å²) < 4.78 is 0. The summed E-state index contributed by atoms with van der Waals surface area (Å²) in [5.41, 5.74) is 2.02. The van der Waals surface area contributed by atoms with E-state index in [1.807, 2.05) is 36.1 Å². The first-order valence-electron chi connectivity index (χ1n) is 7.16. The summed E-state index contributed by atoms with van der Waals surface area (Å²) in [4.78, 5) is 15.7. The number of aryl methyl sites for hydroxylation is 1. The smallest absolute Gasteiger partial charge is 0.322 e. The molecule has 1 aromatic rings. The Balaban J connectivity index is 1.87. The second-order valence-corrected chi connectivity index (χ2v) is 5.23. The van der Waals surface area contributed by atoms with E-state index in [0.717, 1.165) is 37.4 Å². The van der Waals surface area contributed by atoms with Crippen LogP contribution in [0.4, 0.5) is 10.5 Å². The van der Waals surface area contributed by atoms with Gasteiger partial charge in [-0.1, -0.05) is 25.1 Å². The molecular formula is C15H24N3O+. The van der Waals surface area contributed by atoms with E-state index in [9.17, 15) is 4.79 Å². The molecule has 1 aromatic carbocycles. The molecule has 0 saturated carbocycles. The first kappa shape index (κ1) is 13.9. The van der Waals surface area contributed by atoms with Crippen molar-refractivity contribution in [3.63, 3.8) is 0 Å². The number of para-hydroxylation sites is 1. The lowest BCUT2D eigenvalue weighted by atomic mass is 10.2. The van der Waals surface area contributed by atoms with Crippen LogP contribution in [0, 0.1) is 6.92 Å². The summed E-state index contributed by atoms with van der Waals surface area (Å²) in [6.45, 7) is 9.28. The van der Waals surface area contributed by atoms with Gasteiger partial charge in [-0.3, -0.25) is 0 Å². The fraction of sp³-hybridized carbons (Fsp3) is 0.533. The monoisotopic (exact) mass is 262 g/mol. The van der Waals surface area contributed by atoms with Crippen LogP contribution in [0.2, 0.25) is 0 Å². The highest BCUT2D eigenvalue weighted by Gasteiger charge is 2.23. The molecule has 19 heavy (non-hydrogen) atoms. The molecule has 1 aliphatic rings. The van der Waals surface area contributed by atoms with Crippen molar-refractivity contribution < 1.29 is 9.69 Å². The molecule has 0 spiro atoms. The van der Waals surface area contributed by atoms with Crippen LogP contribution in [0.25, 0.3) is 0 Å². The number of quaternary nitrogens is 1. The summed E-state index contributed by atoms with van der Waals surface area (Å²) in [5, 5.41) is 3.00. The van der Waals surface area contributed by atoms with Crippen LogP contribution in [0.1, 0.15) is 18.9 Å². The molecule has 2 amide bonds. The van der Waals surface area contributed by atoms with Crippen molar-refractivity contribution >= 4 is 11.7 Å². The molecule has 0 aliphatic carbocycles. The van der Waals surface area contributed by atoms with Gasteiger partial charge in [0.15, 0.2) is 0 Å². The summed E-state index contributed by atoms with van der Waals surface area (Å²) in [5.74, 6) is 0. The van der Waals surface area contributed by atoms with Crippen molar-refractivity contribution in [2.75, 3.05) is 38.0 Å². The van der Waals surface area contributed by atoms with E-state index in [4.69, 9.17) is 0 Å². The molecule has 1 fully saturated rings. The van der Waals surface area contributed by atoms with Gasteiger partial charge in [-0.25, -0.2) is 4.79 Å². The van der Waals surface area contributed by atoms with Crippen molar-refractivity contribution in [2.24, 2.45) is 0 Å². The number of nitrogens with zero attached hydrogens (tertiary/aromatic N) is 1. The molecule has 4 heteroatoms. The molecule has 2 N–H and O–H groups in total. The number of benzene rings is 1. The van der Waals surface area contributed by atoms with Gasteiger partial charge in [0.2, 0.25) is 0 Å². The Morgan fingerprint density at radius 1 is 1.32 bits per heavy atom. The first-order chi connectivity index (χ1) is 9.20. The largest absolute Gasteiger partial charge is 0.332 e. The Labute approximate surface area is 115 Å². The average molecular weight is 262 g/mol. The Bertz CT molecular complexity index is 425. The first-order valence-corrected chi connectivity index (χ1v) is 7.16. The molecule has 4 nitrogen and oxygen atoms in total.